The van der Waals surface area contributed by atoms with Crippen LogP contribution in [-0.2, 0) is 4.74 Å². The molecule has 1 aliphatic heterocycles. The molecule has 1 aliphatic rings. The summed E-state index contributed by atoms with van der Waals surface area (Å²) in [5.74, 6) is 0.902. The fraction of sp³-hybridized carbons (Fsp3) is 0.375. The molecule has 1 N–H and O–H groups in total. The van der Waals surface area contributed by atoms with Crippen molar-refractivity contribution in [3.8, 4) is 22.9 Å². The lowest BCUT2D eigenvalue weighted by atomic mass is 10.1. The van der Waals surface area contributed by atoms with E-state index in [0.717, 1.165) is 11.1 Å². The number of methoxy groups -OCH3 is 2. The highest BCUT2D eigenvalue weighted by Gasteiger charge is 2.20. The molecule has 3 rings (SSSR count). The van der Waals surface area contributed by atoms with Crippen molar-refractivity contribution in [1.82, 2.24) is 14.9 Å². The predicted octanol–water partition coefficient (Wildman–Crippen LogP) is 1.57. The molecule has 2 aromatic rings. The van der Waals surface area contributed by atoms with E-state index >= 15 is 0 Å². The van der Waals surface area contributed by atoms with Crippen molar-refractivity contribution >= 4 is 5.91 Å². The zero-order chi connectivity index (χ0) is 16.2. The van der Waals surface area contributed by atoms with E-state index in [4.69, 9.17) is 14.2 Å². The van der Waals surface area contributed by atoms with E-state index in [-0.39, 0.29) is 5.91 Å². The average molecular weight is 317 g/mol. The molecule has 2 aromatic heterocycles. The molecule has 7 nitrogen and oxygen atoms in total. The Kier molecular flexibility index (Phi) is 4.47. The zero-order valence-electron chi connectivity index (χ0n) is 13.2. The molecule has 0 saturated carbocycles. The number of carbonyl (C=O) groups is 1. The fourth-order valence-electron chi connectivity index (χ4n) is 2.52. The molecule has 7 heteroatoms. The van der Waals surface area contributed by atoms with E-state index in [2.05, 4.69) is 9.97 Å². The van der Waals surface area contributed by atoms with Crippen molar-refractivity contribution in [3.63, 3.8) is 0 Å². The van der Waals surface area contributed by atoms with Crippen LogP contribution >= 0.6 is 0 Å². The molecule has 1 fully saturated rings. The lowest BCUT2D eigenvalue weighted by Crippen LogP contribution is -2.40. The van der Waals surface area contributed by atoms with Crippen LogP contribution in [0.3, 0.4) is 0 Å². The topological polar surface area (TPSA) is 76.7 Å². The van der Waals surface area contributed by atoms with E-state index < -0.39 is 0 Å². The highest BCUT2D eigenvalue weighted by Crippen LogP contribution is 2.30. The number of amides is 1. The van der Waals surface area contributed by atoms with Gasteiger partial charge in [-0.3, -0.25) is 4.79 Å². The van der Waals surface area contributed by atoms with Crippen LogP contribution in [0.5, 0.6) is 11.8 Å². The van der Waals surface area contributed by atoms with Gasteiger partial charge in [0.05, 0.1) is 27.4 Å². The van der Waals surface area contributed by atoms with Crippen molar-refractivity contribution in [2.75, 3.05) is 40.5 Å². The van der Waals surface area contributed by atoms with Crippen LogP contribution in [0.4, 0.5) is 0 Å². The number of morpholine rings is 1. The standard InChI is InChI=1S/C16H19N3O4/c1-21-14-4-3-12(15(18-14)22-2)11-9-13(17-10-11)16(20)19-5-7-23-8-6-19/h3-4,9-10,17H,5-8H2,1-2H3. The molecule has 0 bridgehead atoms. The first-order valence-electron chi connectivity index (χ1n) is 7.37. The lowest BCUT2D eigenvalue weighted by Gasteiger charge is -2.26. The summed E-state index contributed by atoms with van der Waals surface area (Å²) in [4.78, 5) is 21.5. The van der Waals surface area contributed by atoms with Crippen LogP contribution in [-0.4, -0.2) is 61.3 Å². The summed E-state index contributed by atoms with van der Waals surface area (Å²) in [5, 5.41) is 0. The summed E-state index contributed by atoms with van der Waals surface area (Å²) in [5.41, 5.74) is 2.18. The maximum absolute atomic E-state index is 12.5. The van der Waals surface area contributed by atoms with Gasteiger partial charge in [0.15, 0.2) is 0 Å². The molecule has 0 aromatic carbocycles. The van der Waals surface area contributed by atoms with Gasteiger partial charge in [-0.15, -0.1) is 0 Å². The van der Waals surface area contributed by atoms with Crippen LogP contribution in [0.25, 0.3) is 11.1 Å². The Hall–Kier alpha value is -2.54. The fourth-order valence-corrected chi connectivity index (χ4v) is 2.52. The molecule has 1 amide bonds. The maximum atomic E-state index is 12.5. The van der Waals surface area contributed by atoms with E-state index in [1.807, 2.05) is 12.1 Å². The van der Waals surface area contributed by atoms with E-state index in [1.54, 1.807) is 31.4 Å². The van der Waals surface area contributed by atoms with Gasteiger partial charge in [-0.2, -0.15) is 4.98 Å². The van der Waals surface area contributed by atoms with Crippen molar-refractivity contribution in [2.45, 2.75) is 0 Å². The van der Waals surface area contributed by atoms with E-state index in [0.29, 0.717) is 43.8 Å². The molecule has 0 spiro atoms. The van der Waals surface area contributed by atoms with Crippen LogP contribution < -0.4 is 9.47 Å². The monoisotopic (exact) mass is 317 g/mol. The summed E-state index contributed by atoms with van der Waals surface area (Å²) in [7, 11) is 3.11. The number of aromatic nitrogens is 2. The third-order valence-corrected chi connectivity index (χ3v) is 3.76. The minimum Gasteiger partial charge on any atom is -0.481 e. The Bertz CT molecular complexity index is 692. The van der Waals surface area contributed by atoms with Gasteiger partial charge in [0, 0.05) is 36.5 Å². The van der Waals surface area contributed by atoms with Gasteiger partial charge in [0.25, 0.3) is 5.91 Å². The number of rotatable bonds is 4. The maximum Gasteiger partial charge on any atom is 0.270 e. The molecule has 0 unspecified atom stereocenters. The van der Waals surface area contributed by atoms with Gasteiger partial charge in [-0.05, 0) is 12.1 Å². The summed E-state index contributed by atoms with van der Waals surface area (Å²) in [6, 6.07) is 5.43. The molecule has 1 saturated heterocycles. The predicted molar refractivity (Wildman–Crippen MR) is 83.9 cm³/mol. The number of nitrogens with one attached hydrogen (secondary N) is 1. The Morgan fingerprint density at radius 3 is 2.74 bits per heavy atom. The first-order chi connectivity index (χ1) is 11.2. The second-order valence-corrected chi connectivity index (χ2v) is 5.12. The first-order valence-corrected chi connectivity index (χ1v) is 7.37. The van der Waals surface area contributed by atoms with Crippen molar-refractivity contribution in [2.24, 2.45) is 0 Å². The quantitative estimate of drug-likeness (QED) is 0.926. The molecule has 23 heavy (non-hydrogen) atoms. The highest BCUT2D eigenvalue weighted by molar-refractivity contribution is 5.94. The third kappa shape index (κ3) is 3.14. The first kappa shape index (κ1) is 15.4. The van der Waals surface area contributed by atoms with Crippen molar-refractivity contribution in [3.05, 3.63) is 30.1 Å². The Balaban J connectivity index is 1.85. The molecule has 122 valence electrons. The largest absolute Gasteiger partial charge is 0.481 e. The number of hydrogen-bond acceptors (Lipinski definition) is 5. The van der Waals surface area contributed by atoms with Crippen molar-refractivity contribution in [1.29, 1.82) is 0 Å². The third-order valence-electron chi connectivity index (χ3n) is 3.76. The van der Waals surface area contributed by atoms with E-state index in [1.165, 1.54) is 0 Å². The summed E-state index contributed by atoms with van der Waals surface area (Å²) < 4.78 is 15.7. The molecule has 0 radical (unpaired) electrons. The smallest absolute Gasteiger partial charge is 0.270 e. The summed E-state index contributed by atoms with van der Waals surface area (Å²) >= 11 is 0. The second-order valence-electron chi connectivity index (χ2n) is 5.12. The normalized spacial score (nSPS) is 14.6. The number of ether oxygens (including phenoxy) is 3. The second kappa shape index (κ2) is 6.70. The van der Waals surface area contributed by atoms with E-state index in [9.17, 15) is 4.79 Å². The van der Waals surface area contributed by atoms with Crippen LogP contribution in [0.2, 0.25) is 0 Å². The van der Waals surface area contributed by atoms with Crippen molar-refractivity contribution < 1.29 is 19.0 Å². The molecule has 0 atom stereocenters. The van der Waals surface area contributed by atoms with Crippen LogP contribution in [0, 0.1) is 0 Å². The molecule has 3 heterocycles. The van der Waals surface area contributed by atoms with Crippen LogP contribution in [0.15, 0.2) is 24.4 Å². The number of hydrogen-bond donors (Lipinski definition) is 1. The Labute approximate surface area is 134 Å². The minimum absolute atomic E-state index is 0.0278. The number of pyridine rings is 1. The number of nitrogens with zero attached hydrogens (tertiary/aromatic N) is 2. The lowest BCUT2D eigenvalue weighted by molar-refractivity contribution is 0.0299. The average Bonchev–Trinajstić information content (AvgIpc) is 3.11. The number of carbonyl (C=O) groups excluding carboxylic acids is 1. The molecular formula is C16H19N3O4. The van der Waals surface area contributed by atoms with Crippen LogP contribution in [0.1, 0.15) is 10.5 Å². The summed E-state index contributed by atoms with van der Waals surface area (Å²) in [6.07, 6.45) is 1.78. The molecule has 0 aliphatic carbocycles. The summed E-state index contributed by atoms with van der Waals surface area (Å²) in [6.45, 7) is 2.38. The van der Waals surface area contributed by atoms with Gasteiger partial charge in [-0.25, -0.2) is 0 Å². The van der Waals surface area contributed by atoms with Gasteiger partial charge >= 0.3 is 0 Å². The van der Waals surface area contributed by atoms with Gasteiger partial charge in [0.1, 0.15) is 5.69 Å². The van der Waals surface area contributed by atoms with Gasteiger partial charge in [0.2, 0.25) is 11.8 Å². The van der Waals surface area contributed by atoms with Gasteiger partial charge in [-0.1, -0.05) is 0 Å². The minimum atomic E-state index is -0.0278. The highest BCUT2D eigenvalue weighted by atomic mass is 16.5. The Morgan fingerprint density at radius 1 is 1.26 bits per heavy atom. The molecular weight excluding hydrogens is 298 g/mol. The number of aromatic amines is 1. The zero-order valence-corrected chi connectivity index (χ0v) is 13.2. The number of H-pyrrole nitrogens is 1. The SMILES string of the molecule is COc1ccc(-c2c[nH]c(C(=O)N3CCOCC3)c2)c(OC)n1. The Morgan fingerprint density at radius 2 is 2.04 bits per heavy atom. The van der Waals surface area contributed by atoms with Gasteiger partial charge < -0.3 is 24.1 Å².